The van der Waals surface area contributed by atoms with Crippen LogP contribution < -0.4 is 10.6 Å². The Morgan fingerprint density at radius 3 is 2.27 bits per heavy atom. The second kappa shape index (κ2) is 8.15. The van der Waals surface area contributed by atoms with Gasteiger partial charge in [0.15, 0.2) is 0 Å². The van der Waals surface area contributed by atoms with E-state index in [0.717, 1.165) is 5.56 Å². The first-order valence-corrected chi connectivity index (χ1v) is 7.98. The third-order valence-electron chi connectivity index (χ3n) is 3.60. The Morgan fingerprint density at radius 1 is 0.923 bits per heavy atom. The summed E-state index contributed by atoms with van der Waals surface area (Å²) in [5.74, 6) is -0.748. The van der Waals surface area contributed by atoms with Crippen LogP contribution >= 0.6 is 0 Å². The number of amides is 1. The molecule has 0 aliphatic heterocycles. The predicted octanol–water partition coefficient (Wildman–Crippen LogP) is 3.66. The lowest BCUT2D eigenvalue weighted by Crippen LogP contribution is -2.16. The van der Waals surface area contributed by atoms with E-state index < -0.39 is 5.91 Å². The number of rotatable bonds is 6. The molecule has 5 nitrogen and oxygen atoms in total. The molecule has 0 spiro atoms. The Morgan fingerprint density at radius 2 is 1.58 bits per heavy atom. The van der Waals surface area contributed by atoms with Crippen LogP contribution in [0.4, 0.5) is 20.4 Å². The standard InChI is InChI=1S/C19H16F2N4O/c20-14-3-1-13(2-4-14)9-11-22-19-23-12-10-17(25-19)18(26)24-16-7-5-15(21)6-8-16/h1-8,10,12H,9,11H2,(H,24,26)(H,22,23,25). The van der Waals surface area contributed by atoms with Gasteiger partial charge in [0.1, 0.15) is 17.3 Å². The van der Waals surface area contributed by atoms with Gasteiger partial charge in [0, 0.05) is 18.4 Å². The molecule has 0 saturated carbocycles. The zero-order chi connectivity index (χ0) is 18.4. The van der Waals surface area contributed by atoms with Gasteiger partial charge in [0.05, 0.1) is 0 Å². The Kier molecular flexibility index (Phi) is 5.48. The zero-order valence-corrected chi connectivity index (χ0v) is 13.7. The number of carbonyl (C=O) groups excluding carboxylic acids is 1. The Bertz CT molecular complexity index is 883. The fraction of sp³-hybridized carbons (Fsp3) is 0.105. The summed E-state index contributed by atoms with van der Waals surface area (Å²) in [6.45, 7) is 0.536. The van der Waals surface area contributed by atoms with E-state index in [-0.39, 0.29) is 17.3 Å². The van der Waals surface area contributed by atoms with Gasteiger partial charge in [-0.1, -0.05) is 12.1 Å². The van der Waals surface area contributed by atoms with Gasteiger partial charge in [-0.05, 0) is 54.4 Å². The third-order valence-corrected chi connectivity index (χ3v) is 3.60. The Labute approximate surface area is 149 Å². The zero-order valence-electron chi connectivity index (χ0n) is 13.7. The van der Waals surface area contributed by atoms with Gasteiger partial charge in [-0.3, -0.25) is 4.79 Å². The first-order valence-electron chi connectivity index (χ1n) is 7.98. The molecule has 2 N–H and O–H groups in total. The highest BCUT2D eigenvalue weighted by molar-refractivity contribution is 6.02. The minimum absolute atomic E-state index is 0.189. The van der Waals surface area contributed by atoms with Crippen molar-refractivity contribution in [3.8, 4) is 0 Å². The van der Waals surface area contributed by atoms with Crippen LogP contribution in [0.5, 0.6) is 0 Å². The molecule has 1 amide bonds. The maximum absolute atomic E-state index is 12.9. The number of hydrogen-bond donors (Lipinski definition) is 2. The minimum Gasteiger partial charge on any atom is -0.354 e. The minimum atomic E-state index is -0.416. The lowest BCUT2D eigenvalue weighted by Gasteiger charge is -2.07. The summed E-state index contributed by atoms with van der Waals surface area (Å²) in [6.07, 6.45) is 2.14. The first kappa shape index (κ1) is 17.5. The topological polar surface area (TPSA) is 66.9 Å². The summed E-state index contributed by atoms with van der Waals surface area (Å²) < 4.78 is 25.8. The van der Waals surface area contributed by atoms with E-state index in [9.17, 15) is 13.6 Å². The van der Waals surface area contributed by atoms with Crippen LogP contribution in [0, 0.1) is 11.6 Å². The number of aromatic nitrogens is 2. The molecule has 0 saturated heterocycles. The van der Waals surface area contributed by atoms with Crippen molar-refractivity contribution in [1.82, 2.24) is 9.97 Å². The van der Waals surface area contributed by atoms with Crippen LogP contribution in [0.3, 0.4) is 0 Å². The quantitative estimate of drug-likeness (QED) is 0.709. The van der Waals surface area contributed by atoms with Gasteiger partial charge in [0.25, 0.3) is 5.91 Å². The number of nitrogens with one attached hydrogen (secondary N) is 2. The normalized spacial score (nSPS) is 10.4. The Balaban J connectivity index is 1.57. The molecule has 0 aliphatic carbocycles. The van der Waals surface area contributed by atoms with Crippen molar-refractivity contribution in [2.75, 3.05) is 17.2 Å². The van der Waals surface area contributed by atoms with Crippen molar-refractivity contribution < 1.29 is 13.6 Å². The third kappa shape index (κ3) is 4.83. The van der Waals surface area contributed by atoms with Crippen LogP contribution in [0.15, 0.2) is 60.8 Å². The summed E-state index contributed by atoms with van der Waals surface area (Å²) in [5.41, 5.74) is 1.64. The SMILES string of the molecule is O=C(Nc1ccc(F)cc1)c1ccnc(NCCc2ccc(F)cc2)n1. The Hall–Kier alpha value is -3.35. The largest absolute Gasteiger partial charge is 0.354 e. The molecule has 0 atom stereocenters. The average molecular weight is 354 g/mol. The van der Waals surface area contributed by atoms with E-state index in [0.29, 0.717) is 24.6 Å². The van der Waals surface area contributed by atoms with E-state index in [1.54, 1.807) is 12.1 Å². The van der Waals surface area contributed by atoms with Crippen molar-refractivity contribution in [3.05, 3.63) is 83.7 Å². The molecular weight excluding hydrogens is 338 g/mol. The van der Waals surface area contributed by atoms with Crippen molar-refractivity contribution in [2.45, 2.75) is 6.42 Å². The fourth-order valence-electron chi connectivity index (χ4n) is 2.27. The van der Waals surface area contributed by atoms with Gasteiger partial charge in [-0.25, -0.2) is 18.7 Å². The lowest BCUT2D eigenvalue weighted by atomic mass is 10.1. The van der Waals surface area contributed by atoms with Gasteiger partial charge in [-0.2, -0.15) is 0 Å². The molecule has 1 aromatic heterocycles. The number of nitrogens with zero attached hydrogens (tertiary/aromatic N) is 2. The van der Waals surface area contributed by atoms with Gasteiger partial charge >= 0.3 is 0 Å². The van der Waals surface area contributed by atoms with Crippen molar-refractivity contribution >= 4 is 17.5 Å². The average Bonchev–Trinajstić information content (AvgIpc) is 2.65. The highest BCUT2D eigenvalue weighted by Gasteiger charge is 2.09. The van der Waals surface area contributed by atoms with E-state index in [1.807, 2.05) is 0 Å². The molecule has 0 aliphatic rings. The van der Waals surface area contributed by atoms with Gasteiger partial charge in [0.2, 0.25) is 5.95 Å². The summed E-state index contributed by atoms with van der Waals surface area (Å²) in [6, 6.07) is 13.2. The second-order valence-corrected chi connectivity index (χ2v) is 5.53. The molecule has 1 heterocycles. The molecule has 0 radical (unpaired) electrons. The van der Waals surface area contributed by atoms with Crippen molar-refractivity contribution in [3.63, 3.8) is 0 Å². The molecule has 0 unspecified atom stereocenters. The highest BCUT2D eigenvalue weighted by atomic mass is 19.1. The van der Waals surface area contributed by atoms with Crippen LogP contribution in [-0.4, -0.2) is 22.4 Å². The van der Waals surface area contributed by atoms with Crippen LogP contribution in [0.25, 0.3) is 0 Å². The number of anilines is 2. The van der Waals surface area contributed by atoms with E-state index in [2.05, 4.69) is 20.6 Å². The van der Waals surface area contributed by atoms with Crippen LogP contribution in [0.1, 0.15) is 16.1 Å². The monoisotopic (exact) mass is 354 g/mol. The smallest absolute Gasteiger partial charge is 0.274 e. The van der Waals surface area contributed by atoms with Crippen molar-refractivity contribution in [2.24, 2.45) is 0 Å². The van der Waals surface area contributed by atoms with Crippen LogP contribution in [-0.2, 0) is 6.42 Å². The molecule has 7 heteroatoms. The molecule has 0 bridgehead atoms. The molecule has 26 heavy (non-hydrogen) atoms. The second-order valence-electron chi connectivity index (χ2n) is 5.53. The predicted molar refractivity (Wildman–Crippen MR) is 95.0 cm³/mol. The summed E-state index contributed by atoms with van der Waals surface area (Å²) in [5, 5.41) is 5.67. The summed E-state index contributed by atoms with van der Waals surface area (Å²) in [7, 11) is 0. The lowest BCUT2D eigenvalue weighted by molar-refractivity contribution is 0.102. The molecular formula is C19H16F2N4O. The number of hydrogen-bond acceptors (Lipinski definition) is 4. The number of benzene rings is 2. The summed E-state index contributed by atoms with van der Waals surface area (Å²) >= 11 is 0. The van der Waals surface area contributed by atoms with E-state index >= 15 is 0 Å². The fourth-order valence-corrected chi connectivity index (χ4v) is 2.27. The van der Waals surface area contributed by atoms with Crippen LogP contribution in [0.2, 0.25) is 0 Å². The maximum Gasteiger partial charge on any atom is 0.274 e. The number of carbonyl (C=O) groups is 1. The van der Waals surface area contributed by atoms with E-state index in [1.165, 1.54) is 48.7 Å². The molecule has 2 aromatic carbocycles. The van der Waals surface area contributed by atoms with Gasteiger partial charge < -0.3 is 10.6 Å². The first-order chi connectivity index (χ1) is 12.6. The number of halogens is 2. The van der Waals surface area contributed by atoms with Crippen molar-refractivity contribution in [1.29, 1.82) is 0 Å². The summed E-state index contributed by atoms with van der Waals surface area (Å²) in [4.78, 5) is 20.5. The van der Waals surface area contributed by atoms with E-state index in [4.69, 9.17) is 0 Å². The molecule has 132 valence electrons. The van der Waals surface area contributed by atoms with Gasteiger partial charge in [-0.15, -0.1) is 0 Å². The molecule has 3 aromatic rings. The molecule has 0 fully saturated rings. The highest BCUT2D eigenvalue weighted by Crippen LogP contribution is 2.10. The molecule has 3 rings (SSSR count). The maximum atomic E-state index is 12.9.